The average molecular weight is 725 g/mol. The summed E-state index contributed by atoms with van der Waals surface area (Å²) in [5.74, 6) is 0.915. The van der Waals surface area contributed by atoms with Crippen LogP contribution in [0.2, 0.25) is 0 Å². The van der Waals surface area contributed by atoms with E-state index in [0.29, 0.717) is 0 Å². The molecule has 54 heavy (non-hydrogen) atoms. The summed E-state index contributed by atoms with van der Waals surface area (Å²) in [6.07, 6.45) is 0. The minimum absolute atomic E-state index is 0.915. The lowest BCUT2D eigenvalue weighted by molar-refractivity contribution is 0.895. The summed E-state index contributed by atoms with van der Waals surface area (Å²) in [6.45, 7) is 0. The molecule has 0 fully saturated rings. The third kappa shape index (κ3) is 5.54. The van der Waals surface area contributed by atoms with Gasteiger partial charge in [-0.3, -0.25) is 4.57 Å². The van der Waals surface area contributed by atoms with Crippen molar-refractivity contribution in [1.29, 1.82) is 0 Å². The first kappa shape index (κ1) is 32.4. The number of rotatable bonds is 7. The number of imidazole rings is 1. The third-order valence-corrected chi connectivity index (χ3v) is 16.6. The molecule has 0 radical (unpaired) electrons. The van der Waals surface area contributed by atoms with E-state index in [9.17, 15) is 0 Å². The van der Waals surface area contributed by atoms with Crippen molar-refractivity contribution in [2.75, 3.05) is 0 Å². The Morgan fingerprint density at radius 3 is 1.57 bits per heavy atom. The molecule has 0 atom stereocenters. The van der Waals surface area contributed by atoms with Crippen molar-refractivity contribution in [2.45, 2.75) is 10.9 Å². The molecule has 256 valence electrons. The van der Waals surface area contributed by atoms with E-state index in [-0.39, 0.29) is 0 Å². The molecular weight excluding hydrogens is 689 g/mol. The lowest BCUT2D eigenvalue weighted by atomic mass is 9.99. The summed E-state index contributed by atoms with van der Waals surface area (Å²) in [7, 11) is -2.92. The topological polar surface area (TPSA) is 17.8 Å². The number of para-hydroxylation sites is 2. The van der Waals surface area contributed by atoms with Gasteiger partial charge in [0.05, 0.1) is 16.7 Å². The van der Waals surface area contributed by atoms with E-state index in [0.717, 1.165) is 21.9 Å². The summed E-state index contributed by atoms with van der Waals surface area (Å²) in [5, 5.41) is 6.48. The highest BCUT2D eigenvalue weighted by Gasteiger charge is 2.42. The normalized spacial score (nSPS) is 12.3. The van der Waals surface area contributed by atoms with Crippen LogP contribution in [0.3, 0.4) is 0 Å². The van der Waals surface area contributed by atoms with Crippen molar-refractivity contribution in [2.24, 2.45) is 0 Å². The molecule has 0 amide bonds. The maximum absolute atomic E-state index is 4.99. The minimum atomic E-state index is -2.92. The standard InChI is InChI=1S/C50H36N2SSi/c1-5-16-36(17-6-1)41-30-42(37-18-7-2-8-19-37)33-46(32-41)54(43-21-9-3-10-22-43,44-23-11-4-12-24-44)45-25-15-20-38(31-45)39-28-29-40-35-53-50-51-47-26-13-14-27-48(47)52(50)49(40)34-39/h1-34H,35H2. The van der Waals surface area contributed by atoms with Gasteiger partial charge in [-0.05, 0) is 84.0 Å². The first-order chi connectivity index (χ1) is 26.8. The van der Waals surface area contributed by atoms with Crippen molar-refractivity contribution in [3.63, 3.8) is 0 Å². The van der Waals surface area contributed by atoms with Crippen LogP contribution < -0.4 is 20.7 Å². The Bertz CT molecular complexity index is 2660. The van der Waals surface area contributed by atoms with Gasteiger partial charge in [-0.1, -0.05) is 194 Å². The molecule has 1 aromatic heterocycles. The monoisotopic (exact) mass is 724 g/mol. The number of benzene rings is 8. The van der Waals surface area contributed by atoms with Crippen molar-refractivity contribution < 1.29 is 0 Å². The first-order valence-corrected chi connectivity index (χ1v) is 21.5. The molecule has 0 saturated carbocycles. The lowest BCUT2D eigenvalue weighted by Crippen LogP contribution is -2.74. The highest BCUT2D eigenvalue weighted by Crippen LogP contribution is 2.39. The van der Waals surface area contributed by atoms with Crippen LogP contribution in [0, 0.1) is 0 Å². The fourth-order valence-electron chi connectivity index (χ4n) is 8.30. The van der Waals surface area contributed by atoms with Gasteiger partial charge in [0.1, 0.15) is 0 Å². The van der Waals surface area contributed by atoms with Gasteiger partial charge in [-0.15, -0.1) is 0 Å². The maximum atomic E-state index is 4.99. The molecule has 0 bridgehead atoms. The second-order valence-electron chi connectivity index (χ2n) is 13.9. The number of hydrogen-bond donors (Lipinski definition) is 0. The smallest absolute Gasteiger partial charge is 0.179 e. The van der Waals surface area contributed by atoms with Crippen LogP contribution in [0.1, 0.15) is 5.56 Å². The van der Waals surface area contributed by atoms with E-state index in [1.165, 1.54) is 65.4 Å². The molecule has 9 aromatic rings. The first-order valence-electron chi connectivity index (χ1n) is 18.5. The van der Waals surface area contributed by atoms with E-state index < -0.39 is 8.07 Å². The highest BCUT2D eigenvalue weighted by atomic mass is 32.2. The second-order valence-corrected chi connectivity index (χ2v) is 18.7. The maximum Gasteiger partial charge on any atom is 0.179 e. The Kier molecular flexibility index (Phi) is 8.20. The van der Waals surface area contributed by atoms with Crippen molar-refractivity contribution in [3.05, 3.63) is 212 Å². The lowest BCUT2D eigenvalue weighted by Gasteiger charge is -2.35. The van der Waals surface area contributed by atoms with Gasteiger partial charge in [-0.25, -0.2) is 4.98 Å². The number of nitrogens with zero attached hydrogens (tertiary/aromatic N) is 2. The van der Waals surface area contributed by atoms with E-state index in [1.54, 1.807) is 0 Å². The summed E-state index contributed by atoms with van der Waals surface area (Å²) < 4.78 is 2.35. The van der Waals surface area contributed by atoms with Crippen molar-refractivity contribution in [3.8, 4) is 39.1 Å². The van der Waals surface area contributed by atoms with Crippen LogP contribution in [-0.4, -0.2) is 17.6 Å². The molecule has 0 saturated heterocycles. The van der Waals surface area contributed by atoms with Crippen molar-refractivity contribution >= 4 is 51.6 Å². The molecule has 1 aliphatic rings. The van der Waals surface area contributed by atoms with Gasteiger partial charge < -0.3 is 0 Å². The van der Waals surface area contributed by atoms with Crippen LogP contribution in [0.25, 0.3) is 50.1 Å². The second kappa shape index (κ2) is 13.6. The largest absolute Gasteiger partial charge is 0.287 e. The molecule has 0 spiro atoms. The zero-order valence-corrected chi connectivity index (χ0v) is 31.5. The number of hydrogen-bond acceptors (Lipinski definition) is 2. The van der Waals surface area contributed by atoms with E-state index >= 15 is 0 Å². The Hall–Kier alpha value is -6.20. The molecule has 2 heterocycles. The predicted molar refractivity (Wildman–Crippen MR) is 231 cm³/mol. The molecular formula is C50H36N2SSi. The Labute approximate surface area is 321 Å². The zero-order valence-electron chi connectivity index (χ0n) is 29.6. The quantitative estimate of drug-likeness (QED) is 0.120. The minimum Gasteiger partial charge on any atom is -0.287 e. The van der Waals surface area contributed by atoms with Gasteiger partial charge in [0.15, 0.2) is 13.2 Å². The molecule has 1 aliphatic heterocycles. The van der Waals surface area contributed by atoms with Gasteiger partial charge in [0.2, 0.25) is 0 Å². The summed E-state index contributed by atoms with van der Waals surface area (Å²) in [4.78, 5) is 4.99. The van der Waals surface area contributed by atoms with Gasteiger partial charge in [-0.2, -0.15) is 0 Å². The van der Waals surface area contributed by atoms with E-state index in [2.05, 4.69) is 211 Å². The van der Waals surface area contributed by atoms with Crippen LogP contribution in [0.15, 0.2) is 211 Å². The Balaban J connectivity index is 1.23. The summed E-state index contributed by atoms with van der Waals surface area (Å²) >= 11 is 1.81. The molecule has 0 aliphatic carbocycles. The fourth-order valence-corrected chi connectivity index (χ4v) is 14.2. The van der Waals surface area contributed by atoms with Crippen LogP contribution in [0.4, 0.5) is 0 Å². The third-order valence-electron chi connectivity index (χ3n) is 10.8. The molecule has 2 nitrogen and oxygen atoms in total. The van der Waals surface area contributed by atoms with Crippen LogP contribution in [0.5, 0.6) is 0 Å². The van der Waals surface area contributed by atoms with E-state index in [1.807, 2.05) is 11.8 Å². The highest BCUT2D eigenvalue weighted by molar-refractivity contribution is 7.98. The molecule has 10 rings (SSSR count). The summed E-state index contributed by atoms with van der Waals surface area (Å²) in [5.41, 5.74) is 12.0. The van der Waals surface area contributed by atoms with Gasteiger partial charge in [0, 0.05) is 5.75 Å². The van der Waals surface area contributed by atoms with Crippen molar-refractivity contribution in [1.82, 2.24) is 9.55 Å². The van der Waals surface area contributed by atoms with Gasteiger partial charge >= 0.3 is 0 Å². The van der Waals surface area contributed by atoms with Crippen LogP contribution in [-0.2, 0) is 5.75 Å². The fraction of sp³-hybridized carbons (Fsp3) is 0.0200. The SMILES string of the molecule is c1ccc(-c2cc(-c3ccccc3)cc([Si](c3ccccc3)(c3ccccc3)c3cccc(-c4ccc5c(c4)-n4c(nc6ccccc64)SC5)c3)c2)cc1. The molecule has 0 N–H and O–H groups in total. The Morgan fingerprint density at radius 1 is 0.407 bits per heavy atom. The summed E-state index contributed by atoms with van der Waals surface area (Å²) in [6, 6.07) is 76.4. The Morgan fingerprint density at radius 2 is 0.926 bits per heavy atom. The van der Waals surface area contributed by atoms with E-state index in [4.69, 9.17) is 4.98 Å². The number of fused-ring (bicyclic) bond motifs is 5. The predicted octanol–water partition coefficient (Wildman–Crippen LogP) is 10.0. The molecule has 8 aromatic carbocycles. The molecule has 0 unspecified atom stereocenters. The van der Waals surface area contributed by atoms with Gasteiger partial charge in [0.25, 0.3) is 0 Å². The number of thioether (sulfide) groups is 1. The number of aromatic nitrogens is 2. The van der Waals surface area contributed by atoms with Crippen LogP contribution >= 0.6 is 11.8 Å². The average Bonchev–Trinajstić information content (AvgIpc) is 3.65. The molecule has 4 heteroatoms. The zero-order chi connectivity index (χ0) is 35.9.